The van der Waals surface area contributed by atoms with Crippen LogP contribution in [0.15, 0.2) is 30.3 Å². The lowest BCUT2D eigenvalue weighted by Gasteiger charge is -2.00. The van der Waals surface area contributed by atoms with Crippen LogP contribution < -0.4 is 4.57 Å². The largest absolute Gasteiger partial charge is 0.212 e. The molecule has 0 amide bonds. The molecule has 0 unspecified atom stereocenters. The van der Waals surface area contributed by atoms with Gasteiger partial charge in [0.25, 0.3) is 0 Å². The van der Waals surface area contributed by atoms with Crippen molar-refractivity contribution in [3.63, 3.8) is 0 Å². The molecule has 0 aliphatic rings. The first-order valence-corrected chi connectivity index (χ1v) is 4.54. The van der Waals surface area contributed by atoms with E-state index in [0.29, 0.717) is 0 Å². The van der Waals surface area contributed by atoms with Crippen molar-refractivity contribution in [1.82, 2.24) is 0 Å². The van der Waals surface area contributed by atoms with Crippen molar-refractivity contribution in [2.24, 2.45) is 7.05 Å². The van der Waals surface area contributed by atoms with Crippen molar-refractivity contribution in [2.45, 2.75) is 13.8 Å². The molecule has 0 saturated heterocycles. The van der Waals surface area contributed by atoms with Crippen molar-refractivity contribution in [3.05, 3.63) is 41.6 Å². The molecule has 0 aliphatic carbocycles. The summed E-state index contributed by atoms with van der Waals surface area (Å²) in [5, 5.41) is 1.30. The van der Waals surface area contributed by atoms with E-state index in [9.17, 15) is 0 Å². The van der Waals surface area contributed by atoms with Crippen LogP contribution in [-0.4, -0.2) is 0 Å². The summed E-state index contributed by atoms with van der Waals surface area (Å²) in [6.07, 6.45) is 0. The van der Waals surface area contributed by atoms with Gasteiger partial charge in [-0.25, -0.2) is 0 Å². The summed E-state index contributed by atoms with van der Waals surface area (Å²) < 4.78 is 2.22. The number of fused-ring (bicyclic) bond motifs is 1. The van der Waals surface area contributed by atoms with Gasteiger partial charge in [0.1, 0.15) is 7.05 Å². The standard InChI is InChI=1S/C12H14N/c1-9-4-6-11-7-5-10(2)13(3)12(11)8-9/h4-8H,1-3H3/q+1. The Morgan fingerprint density at radius 1 is 1.00 bits per heavy atom. The molecule has 1 aromatic carbocycles. The summed E-state index contributed by atoms with van der Waals surface area (Å²) in [6, 6.07) is 10.9. The Bertz CT molecular complexity index is 453. The number of hydrogen-bond donors (Lipinski definition) is 0. The van der Waals surface area contributed by atoms with Crippen molar-refractivity contribution < 1.29 is 4.57 Å². The maximum atomic E-state index is 2.22. The van der Waals surface area contributed by atoms with E-state index >= 15 is 0 Å². The van der Waals surface area contributed by atoms with Crippen LogP contribution in [0.3, 0.4) is 0 Å². The number of rotatable bonds is 0. The molecule has 0 fully saturated rings. The fraction of sp³-hybridized carbons (Fsp3) is 0.250. The normalized spacial score (nSPS) is 10.7. The van der Waals surface area contributed by atoms with Gasteiger partial charge in [0.05, 0.1) is 0 Å². The van der Waals surface area contributed by atoms with Crippen LogP contribution in [0.25, 0.3) is 10.9 Å². The fourth-order valence-electron chi connectivity index (χ4n) is 1.60. The number of benzene rings is 1. The molecule has 1 heteroatoms. The molecule has 2 aromatic rings. The van der Waals surface area contributed by atoms with Crippen molar-refractivity contribution in [1.29, 1.82) is 0 Å². The molecule has 0 bridgehead atoms. The Morgan fingerprint density at radius 2 is 1.69 bits per heavy atom. The van der Waals surface area contributed by atoms with Crippen LogP contribution in [0.1, 0.15) is 11.3 Å². The third-order valence-electron chi connectivity index (χ3n) is 2.58. The van der Waals surface area contributed by atoms with E-state index in [-0.39, 0.29) is 0 Å². The molecule has 0 aliphatic heterocycles. The van der Waals surface area contributed by atoms with E-state index in [1.807, 2.05) is 0 Å². The summed E-state index contributed by atoms with van der Waals surface area (Å²) in [4.78, 5) is 0. The summed E-state index contributed by atoms with van der Waals surface area (Å²) >= 11 is 0. The first kappa shape index (κ1) is 8.24. The second-order valence-corrected chi connectivity index (χ2v) is 3.60. The fourth-order valence-corrected chi connectivity index (χ4v) is 1.60. The summed E-state index contributed by atoms with van der Waals surface area (Å²) in [7, 11) is 2.11. The van der Waals surface area contributed by atoms with Gasteiger partial charge in [-0.1, -0.05) is 6.07 Å². The molecule has 13 heavy (non-hydrogen) atoms. The zero-order valence-corrected chi connectivity index (χ0v) is 8.33. The maximum absolute atomic E-state index is 2.22. The minimum atomic E-state index is 1.29. The van der Waals surface area contributed by atoms with E-state index in [0.717, 1.165) is 0 Å². The average Bonchev–Trinajstić information content (AvgIpc) is 2.12. The number of aromatic nitrogens is 1. The molecule has 0 saturated carbocycles. The van der Waals surface area contributed by atoms with Gasteiger partial charge in [0.15, 0.2) is 5.69 Å². The Labute approximate surface area is 78.6 Å². The molecule has 2 rings (SSSR count). The first-order chi connectivity index (χ1) is 6.18. The monoisotopic (exact) mass is 172 g/mol. The third kappa shape index (κ3) is 1.31. The minimum Gasteiger partial charge on any atom is -0.199 e. The van der Waals surface area contributed by atoms with Gasteiger partial charge < -0.3 is 0 Å². The zero-order chi connectivity index (χ0) is 9.42. The summed E-state index contributed by atoms with van der Waals surface area (Å²) in [6.45, 7) is 4.25. The van der Waals surface area contributed by atoms with Crippen LogP contribution in [0.4, 0.5) is 0 Å². The molecule has 0 atom stereocenters. The molecule has 0 radical (unpaired) electrons. The highest BCUT2D eigenvalue weighted by Crippen LogP contribution is 2.12. The number of pyridine rings is 1. The van der Waals surface area contributed by atoms with Crippen LogP contribution in [0.5, 0.6) is 0 Å². The molecular formula is C12H14N+. The van der Waals surface area contributed by atoms with Crippen molar-refractivity contribution in [2.75, 3.05) is 0 Å². The highest BCUT2D eigenvalue weighted by atomic mass is 14.9. The Kier molecular flexibility index (Phi) is 1.80. The van der Waals surface area contributed by atoms with E-state index in [1.165, 1.54) is 22.2 Å². The summed E-state index contributed by atoms with van der Waals surface area (Å²) in [5.74, 6) is 0. The molecular weight excluding hydrogens is 158 g/mol. The van der Waals surface area contributed by atoms with Gasteiger partial charge >= 0.3 is 0 Å². The Hall–Kier alpha value is -1.37. The lowest BCUT2D eigenvalue weighted by atomic mass is 10.1. The SMILES string of the molecule is Cc1ccc2ccc(C)[n+](C)c2c1. The van der Waals surface area contributed by atoms with Gasteiger partial charge in [-0.2, -0.15) is 4.57 Å². The van der Waals surface area contributed by atoms with Crippen LogP contribution in [0, 0.1) is 13.8 Å². The predicted molar refractivity (Wildman–Crippen MR) is 54.6 cm³/mol. The maximum Gasteiger partial charge on any atom is 0.212 e. The second kappa shape index (κ2) is 2.84. The number of hydrogen-bond acceptors (Lipinski definition) is 0. The van der Waals surface area contributed by atoms with E-state index < -0.39 is 0 Å². The summed E-state index contributed by atoms with van der Waals surface area (Å²) in [5.41, 5.74) is 3.91. The van der Waals surface area contributed by atoms with Gasteiger partial charge in [0.2, 0.25) is 5.52 Å². The smallest absolute Gasteiger partial charge is 0.199 e. The van der Waals surface area contributed by atoms with Crippen LogP contribution in [0.2, 0.25) is 0 Å². The third-order valence-corrected chi connectivity index (χ3v) is 2.58. The van der Waals surface area contributed by atoms with E-state index in [1.54, 1.807) is 0 Å². The molecule has 1 aromatic heterocycles. The number of aryl methyl sites for hydroxylation is 3. The lowest BCUT2D eigenvalue weighted by Crippen LogP contribution is -2.32. The quantitative estimate of drug-likeness (QED) is 0.537. The number of nitrogens with zero attached hydrogens (tertiary/aromatic N) is 1. The van der Waals surface area contributed by atoms with Gasteiger partial charge in [-0.15, -0.1) is 0 Å². The van der Waals surface area contributed by atoms with Gasteiger partial charge in [0, 0.05) is 24.4 Å². The zero-order valence-electron chi connectivity index (χ0n) is 8.33. The van der Waals surface area contributed by atoms with E-state index in [4.69, 9.17) is 0 Å². The van der Waals surface area contributed by atoms with E-state index in [2.05, 4.69) is 55.8 Å². The highest BCUT2D eigenvalue weighted by molar-refractivity contribution is 5.76. The Balaban J connectivity index is 2.89. The Morgan fingerprint density at radius 3 is 2.46 bits per heavy atom. The lowest BCUT2D eigenvalue weighted by molar-refractivity contribution is -0.651. The van der Waals surface area contributed by atoms with Gasteiger partial charge in [-0.3, -0.25) is 0 Å². The minimum absolute atomic E-state index is 1.29. The molecule has 0 spiro atoms. The van der Waals surface area contributed by atoms with Crippen LogP contribution in [-0.2, 0) is 7.05 Å². The van der Waals surface area contributed by atoms with Crippen LogP contribution >= 0.6 is 0 Å². The van der Waals surface area contributed by atoms with Crippen molar-refractivity contribution in [3.8, 4) is 0 Å². The molecule has 0 N–H and O–H groups in total. The highest BCUT2D eigenvalue weighted by Gasteiger charge is 2.06. The molecule has 66 valence electrons. The average molecular weight is 172 g/mol. The topological polar surface area (TPSA) is 3.88 Å². The molecule has 1 nitrogen and oxygen atoms in total. The van der Waals surface area contributed by atoms with Gasteiger partial charge in [-0.05, 0) is 24.6 Å². The first-order valence-electron chi connectivity index (χ1n) is 4.54. The van der Waals surface area contributed by atoms with Crippen molar-refractivity contribution >= 4 is 10.9 Å². The second-order valence-electron chi connectivity index (χ2n) is 3.60. The predicted octanol–water partition coefficient (Wildman–Crippen LogP) is 2.28. The molecule has 1 heterocycles.